The Balaban J connectivity index is 1.70. The highest BCUT2D eigenvalue weighted by Gasteiger charge is 2.57. The van der Waals surface area contributed by atoms with Crippen molar-refractivity contribution in [3.8, 4) is 0 Å². The Morgan fingerprint density at radius 3 is 2.71 bits per heavy atom. The zero-order valence-electron chi connectivity index (χ0n) is 15.6. The lowest BCUT2D eigenvalue weighted by Gasteiger charge is -2.39. The monoisotopic (exact) mass is 410 g/mol. The number of nitrogens with two attached hydrogens (primary N) is 1. The molecule has 3 aliphatic rings. The molecule has 0 saturated carbocycles. The number of amidine groups is 1. The van der Waals surface area contributed by atoms with Crippen LogP contribution in [0.4, 0.5) is 4.39 Å². The van der Waals surface area contributed by atoms with Gasteiger partial charge < -0.3 is 15.2 Å². The standard InChI is InChI=1S/C19H23FN2O5S/c1-18(11-28(24,25)19(17(21)22-18)5-7-26-10-19)13-8-12(2-3-14(13)20)9-15(23)16-4-6-27-16/h2-3,8,16H,4-7,9-11H2,1H3,(H2,21,22)/t16?,18-,19-/m0/s1. The van der Waals surface area contributed by atoms with Crippen molar-refractivity contribution in [2.24, 2.45) is 10.7 Å². The molecule has 7 nitrogen and oxygen atoms in total. The number of nitrogens with zero attached hydrogens (tertiary/aromatic N) is 1. The molecule has 9 heteroatoms. The van der Waals surface area contributed by atoms with Crippen LogP contribution in [0.1, 0.15) is 30.9 Å². The van der Waals surface area contributed by atoms with Crippen molar-refractivity contribution in [3.05, 3.63) is 35.1 Å². The van der Waals surface area contributed by atoms with Crippen LogP contribution >= 0.6 is 0 Å². The number of aliphatic imine (C=N–C) groups is 1. The first-order valence-corrected chi connectivity index (χ1v) is 10.9. The second kappa shape index (κ2) is 6.60. The molecule has 2 fully saturated rings. The third kappa shape index (κ3) is 2.96. The van der Waals surface area contributed by atoms with Gasteiger partial charge in [0.1, 0.15) is 23.3 Å². The first-order chi connectivity index (χ1) is 13.2. The molecule has 2 N–H and O–H groups in total. The number of sulfone groups is 1. The summed E-state index contributed by atoms with van der Waals surface area (Å²) in [5.74, 6) is -1.06. The van der Waals surface area contributed by atoms with E-state index in [1.54, 1.807) is 6.92 Å². The van der Waals surface area contributed by atoms with E-state index in [2.05, 4.69) is 4.99 Å². The molecular formula is C19H23FN2O5S. The Morgan fingerprint density at radius 1 is 1.39 bits per heavy atom. The normalized spacial score (nSPS) is 34.1. The number of carbonyl (C=O) groups is 1. The molecule has 1 aromatic carbocycles. The number of Topliss-reactive ketones (excluding diaryl/α,β-unsaturated/α-hetero) is 1. The number of hydrogen-bond donors (Lipinski definition) is 1. The van der Waals surface area contributed by atoms with Gasteiger partial charge >= 0.3 is 0 Å². The van der Waals surface area contributed by atoms with E-state index in [1.165, 1.54) is 18.2 Å². The molecule has 2 saturated heterocycles. The Hall–Kier alpha value is -1.84. The Morgan fingerprint density at radius 2 is 2.14 bits per heavy atom. The van der Waals surface area contributed by atoms with Crippen LogP contribution in [-0.4, -0.2) is 56.5 Å². The summed E-state index contributed by atoms with van der Waals surface area (Å²) >= 11 is 0. The smallest absolute Gasteiger partial charge is 0.168 e. The Kier molecular flexibility index (Phi) is 4.59. The van der Waals surface area contributed by atoms with Crippen LogP contribution in [0.5, 0.6) is 0 Å². The summed E-state index contributed by atoms with van der Waals surface area (Å²) in [6, 6.07) is 4.28. The predicted molar refractivity (Wildman–Crippen MR) is 100 cm³/mol. The molecule has 0 amide bonds. The lowest BCUT2D eigenvalue weighted by atomic mass is 9.90. The second-order valence-corrected chi connectivity index (χ2v) is 10.2. The molecule has 28 heavy (non-hydrogen) atoms. The summed E-state index contributed by atoms with van der Waals surface area (Å²) in [5, 5.41) is 0. The SMILES string of the molecule is C[C@@]1(c2cc(CC(=O)C3CCO3)ccc2F)CS(=O)(=O)[C@]2(CCOC2)C(N)=N1. The van der Waals surface area contributed by atoms with Gasteiger partial charge in [0.2, 0.25) is 0 Å². The van der Waals surface area contributed by atoms with Crippen LogP contribution in [0.15, 0.2) is 23.2 Å². The lowest BCUT2D eigenvalue weighted by Crippen LogP contribution is -2.58. The maximum absolute atomic E-state index is 14.7. The third-order valence-electron chi connectivity index (χ3n) is 5.93. The quantitative estimate of drug-likeness (QED) is 0.790. The first-order valence-electron chi connectivity index (χ1n) is 9.26. The number of ketones is 1. The molecule has 1 spiro atoms. The van der Waals surface area contributed by atoms with E-state index < -0.39 is 32.0 Å². The van der Waals surface area contributed by atoms with E-state index in [-0.39, 0.29) is 42.4 Å². The zero-order chi connectivity index (χ0) is 20.2. The van der Waals surface area contributed by atoms with Crippen molar-refractivity contribution < 1.29 is 27.1 Å². The molecule has 3 heterocycles. The van der Waals surface area contributed by atoms with E-state index in [4.69, 9.17) is 15.2 Å². The number of benzene rings is 1. The molecule has 152 valence electrons. The van der Waals surface area contributed by atoms with Crippen LogP contribution in [0.2, 0.25) is 0 Å². The second-order valence-electron chi connectivity index (χ2n) is 7.93. The number of halogens is 1. The first kappa shape index (κ1) is 19.5. The summed E-state index contributed by atoms with van der Waals surface area (Å²) in [4.78, 5) is 16.6. The minimum atomic E-state index is -3.72. The van der Waals surface area contributed by atoms with Gasteiger partial charge in [-0.25, -0.2) is 12.8 Å². The van der Waals surface area contributed by atoms with Gasteiger partial charge in [-0.05, 0) is 31.0 Å². The minimum Gasteiger partial charge on any atom is -0.386 e. The summed E-state index contributed by atoms with van der Waals surface area (Å²) in [6.45, 7) is 2.39. The molecule has 0 radical (unpaired) electrons. The summed E-state index contributed by atoms with van der Waals surface area (Å²) in [7, 11) is -3.72. The third-order valence-corrected chi connectivity index (χ3v) is 8.60. The van der Waals surface area contributed by atoms with Gasteiger partial charge in [-0.15, -0.1) is 0 Å². The molecule has 4 rings (SSSR count). The number of carbonyl (C=O) groups excluding carboxylic acids is 1. The highest BCUT2D eigenvalue weighted by Crippen LogP contribution is 2.41. The minimum absolute atomic E-state index is 0.0286. The van der Waals surface area contributed by atoms with Gasteiger partial charge in [0, 0.05) is 25.0 Å². The fourth-order valence-electron chi connectivity index (χ4n) is 4.10. The van der Waals surface area contributed by atoms with E-state index in [9.17, 15) is 17.6 Å². The Labute approximate surface area is 163 Å². The van der Waals surface area contributed by atoms with E-state index >= 15 is 0 Å². The van der Waals surface area contributed by atoms with E-state index in [0.717, 1.165) is 0 Å². The largest absolute Gasteiger partial charge is 0.386 e. The zero-order valence-corrected chi connectivity index (χ0v) is 16.4. The number of ether oxygens (including phenoxy) is 2. The molecule has 0 bridgehead atoms. The highest BCUT2D eigenvalue weighted by molar-refractivity contribution is 7.93. The van der Waals surface area contributed by atoms with Gasteiger partial charge in [-0.2, -0.15) is 0 Å². The van der Waals surface area contributed by atoms with Gasteiger partial charge in [-0.1, -0.05) is 6.07 Å². The van der Waals surface area contributed by atoms with E-state index in [0.29, 0.717) is 25.2 Å². The maximum atomic E-state index is 14.7. The lowest BCUT2D eigenvalue weighted by molar-refractivity contribution is -0.141. The number of rotatable bonds is 4. The Bertz CT molecular complexity index is 951. The van der Waals surface area contributed by atoms with Crippen LogP contribution in [-0.2, 0) is 36.1 Å². The summed E-state index contributed by atoms with van der Waals surface area (Å²) in [5.41, 5.74) is 5.44. The van der Waals surface area contributed by atoms with Crippen molar-refractivity contribution in [2.75, 3.05) is 25.6 Å². The molecule has 0 aromatic heterocycles. The molecule has 1 unspecified atom stereocenters. The highest BCUT2D eigenvalue weighted by atomic mass is 32.2. The van der Waals surface area contributed by atoms with Gasteiger partial charge in [-0.3, -0.25) is 9.79 Å². The molecule has 0 aliphatic carbocycles. The fourth-order valence-corrected chi connectivity index (χ4v) is 6.36. The molecule has 1 aromatic rings. The van der Waals surface area contributed by atoms with Crippen LogP contribution in [0, 0.1) is 5.82 Å². The average molecular weight is 410 g/mol. The van der Waals surface area contributed by atoms with Crippen LogP contribution < -0.4 is 5.73 Å². The van der Waals surface area contributed by atoms with Crippen molar-refractivity contribution in [3.63, 3.8) is 0 Å². The maximum Gasteiger partial charge on any atom is 0.168 e. The summed E-state index contributed by atoms with van der Waals surface area (Å²) in [6.07, 6.45) is 0.625. The topological polar surface area (TPSA) is 108 Å². The van der Waals surface area contributed by atoms with Crippen molar-refractivity contribution in [2.45, 2.75) is 42.6 Å². The molecule has 3 aliphatic heterocycles. The van der Waals surface area contributed by atoms with Crippen molar-refractivity contribution in [1.82, 2.24) is 0 Å². The van der Waals surface area contributed by atoms with Crippen LogP contribution in [0.25, 0.3) is 0 Å². The average Bonchev–Trinajstić information content (AvgIpc) is 3.04. The van der Waals surface area contributed by atoms with E-state index in [1.807, 2.05) is 0 Å². The summed E-state index contributed by atoms with van der Waals surface area (Å²) < 4.78 is 50.0. The predicted octanol–water partition coefficient (Wildman–Crippen LogP) is 0.886. The number of hydrogen-bond acceptors (Lipinski definition) is 7. The van der Waals surface area contributed by atoms with Crippen molar-refractivity contribution >= 4 is 21.5 Å². The van der Waals surface area contributed by atoms with Gasteiger partial charge in [0.15, 0.2) is 20.4 Å². The van der Waals surface area contributed by atoms with Crippen molar-refractivity contribution in [1.29, 1.82) is 0 Å². The molecule has 3 atom stereocenters. The van der Waals surface area contributed by atoms with Crippen LogP contribution in [0.3, 0.4) is 0 Å². The fraction of sp³-hybridized carbons (Fsp3) is 0.579. The molecular weight excluding hydrogens is 387 g/mol. The van der Waals surface area contributed by atoms with Gasteiger partial charge in [0.25, 0.3) is 0 Å². The van der Waals surface area contributed by atoms with Gasteiger partial charge in [0.05, 0.1) is 19.0 Å².